The van der Waals surface area contributed by atoms with Crippen molar-refractivity contribution < 1.29 is 48.1 Å². The van der Waals surface area contributed by atoms with E-state index in [1.807, 2.05) is 0 Å². The van der Waals surface area contributed by atoms with Gasteiger partial charge in [0.1, 0.15) is 36.9 Å². The largest absolute Gasteiger partial charge is 0.480 e. The summed E-state index contributed by atoms with van der Waals surface area (Å²) in [6.45, 7) is 5.80. The number of carboxylic acid groups (broad SMARTS) is 1. The number of aliphatic carboxylic acids is 1. The molecule has 0 aliphatic carbocycles. The molecule has 0 unspecified atom stereocenters. The van der Waals surface area contributed by atoms with E-state index in [0.29, 0.717) is 17.3 Å². The first-order chi connectivity index (χ1) is 22.5. The quantitative estimate of drug-likeness (QED) is 0.126. The lowest BCUT2D eigenvalue weighted by Crippen LogP contribution is -2.55. The monoisotopic (exact) mass is 731 g/mol. The van der Waals surface area contributed by atoms with Crippen LogP contribution < -0.4 is 16.0 Å². The highest BCUT2D eigenvalue weighted by Crippen LogP contribution is 2.19. The number of nitrogens with one attached hydrogen (secondary N) is 3. The van der Waals surface area contributed by atoms with Crippen LogP contribution in [0.15, 0.2) is 30.3 Å². The van der Waals surface area contributed by atoms with E-state index in [4.69, 9.17) is 9.47 Å². The van der Waals surface area contributed by atoms with Crippen molar-refractivity contribution in [3.05, 3.63) is 35.9 Å². The van der Waals surface area contributed by atoms with Crippen LogP contribution in [0.2, 0.25) is 0 Å². The van der Waals surface area contributed by atoms with Gasteiger partial charge < -0.3 is 40.3 Å². The second-order valence-corrected chi connectivity index (χ2v) is 14.2. The van der Waals surface area contributed by atoms with Crippen molar-refractivity contribution in [2.75, 3.05) is 50.0 Å². The van der Waals surface area contributed by atoms with E-state index in [-0.39, 0.29) is 35.6 Å². The first-order valence-electron chi connectivity index (χ1n) is 14.6. The fourth-order valence-electron chi connectivity index (χ4n) is 3.66. The van der Waals surface area contributed by atoms with Gasteiger partial charge in [-0.25, -0.2) is 14.4 Å². The molecule has 0 saturated heterocycles. The molecule has 0 aliphatic rings. The number of ether oxygens (including phenoxy) is 2. The molecule has 5 amide bonds. The summed E-state index contributed by atoms with van der Waals surface area (Å²) in [5.41, 5.74) is -0.0842. The number of rotatable bonds is 18. The van der Waals surface area contributed by atoms with Crippen molar-refractivity contribution in [3.63, 3.8) is 0 Å². The molecule has 0 fully saturated rings. The molecule has 15 nitrogen and oxygen atoms in total. The number of thioether (sulfide) groups is 3. The molecule has 0 heterocycles. The summed E-state index contributed by atoms with van der Waals surface area (Å²) >= 11 is 3.09. The highest BCUT2D eigenvalue weighted by Gasteiger charge is 2.35. The van der Waals surface area contributed by atoms with Crippen molar-refractivity contribution in [2.24, 2.45) is 0 Å². The summed E-state index contributed by atoms with van der Waals surface area (Å²) in [7, 11) is 2.78. The maximum Gasteiger partial charge on any atom is 0.408 e. The molecule has 3 atom stereocenters. The van der Waals surface area contributed by atoms with Crippen LogP contribution in [-0.2, 0) is 40.1 Å². The van der Waals surface area contributed by atoms with Crippen LogP contribution in [-0.4, -0.2) is 130 Å². The average Bonchev–Trinajstić information content (AvgIpc) is 3.01. The van der Waals surface area contributed by atoms with Gasteiger partial charge >= 0.3 is 18.2 Å². The Kier molecular flexibility index (Phi) is 18.9. The van der Waals surface area contributed by atoms with Gasteiger partial charge in [-0.05, 0) is 32.6 Å². The molecule has 0 aromatic heterocycles. The molecule has 1 rings (SSSR count). The van der Waals surface area contributed by atoms with Crippen molar-refractivity contribution in [1.82, 2.24) is 25.8 Å². The second-order valence-electron chi connectivity index (χ2n) is 11.3. The van der Waals surface area contributed by atoms with E-state index >= 15 is 0 Å². The standard InChI is InChI=1S/C30H45N5O10S3/c1-19(36)32-18-47-17-22(34(5)24(37)13-31-28(42)45-30(2,3)4)25(38)35(6)23(16-46-7)27(41)48-15-21(26(39)40)33-29(43)44-14-20-11-9-8-10-12-20/h8-12,21-23H,13-18H2,1-7H3,(H,31,42)(H,32,36)(H,33,43)(H,39,40)/t21-,22-,23-/m0/s1. The number of hydrogen-bond acceptors (Lipinski definition) is 12. The third-order valence-electron chi connectivity index (χ3n) is 6.23. The van der Waals surface area contributed by atoms with Crippen LogP contribution in [0.3, 0.4) is 0 Å². The topological polar surface area (TPSA) is 201 Å². The molecule has 18 heteroatoms. The summed E-state index contributed by atoms with van der Waals surface area (Å²) in [4.78, 5) is 90.1. The molecule has 1 aromatic carbocycles. The zero-order valence-corrected chi connectivity index (χ0v) is 30.6. The Balaban J connectivity index is 3.00. The first kappa shape index (κ1) is 42.4. The summed E-state index contributed by atoms with van der Waals surface area (Å²) in [5, 5.41) is 16.3. The van der Waals surface area contributed by atoms with Crippen LogP contribution >= 0.6 is 35.3 Å². The van der Waals surface area contributed by atoms with E-state index in [1.165, 1.54) is 49.4 Å². The van der Waals surface area contributed by atoms with E-state index in [1.54, 1.807) is 57.4 Å². The minimum atomic E-state index is -1.46. The third kappa shape index (κ3) is 16.5. The second kappa shape index (κ2) is 21.4. The number of hydrogen-bond donors (Lipinski definition) is 4. The number of amides is 5. The zero-order valence-electron chi connectivity index (χ0n) is 28.1. The summed E-state index contributed by atoms with van der Waals surface area (Å²) in [6, 6.07) is 5.21. The third-order valence-corrected chi connectivity index (χ3v) is 8.84. The minimum absolute atomic E-state index is 0.0432. The van der Waals surface area contributed by atoms with Gasteiger partial charge in [0.15, 0.2) is 0 Å². The number of alkyl carbamates (subject to hydrolysis) is 2. The fourth-order valence-corrected chi connectivity index (χ4v) is 6.46. The lowest BCUT2D eigenvalue weighted by atomic mass is 10.2. The van der Waals surface area contributed by atoms with Crippen LogP contribution in [0.1, 0.15) is 33.3 Å². The van der Waals surface area contributed by atoms with Gasteiger partial charge in [0, 0.05) is 38.3 Å². The predicted molar refractivity (Wildman–Crippen MR) is 186 cm³/mol. The summed E-state index contributed by atoms with van der Waals surface area (Å²) in [6.07, 6.45) is -0.0573. The Bertz CT molecular complexity index is 1270. The van der Waals surface area contributed by atoms with Gasteiger partial charge in [0.05, 0.1) is 5.88 Å². The molecule has 0 spiro atoms. The fraction of sp³-hybridized carbons (Fsp3) is 0.567. The molecular weight excluding hydrogens is 687 g/mol. The van der Waals surface area contributed by atoms with Gasteiger partial charge in [0.2, 0.25) is 22.8 Å². The number of carboxylic acids is 1. The Morgan fingerprint density at radius 3 is 2.10 bits per heavy atom. The van der Waals surface area contributed by atoms with Crippen molar-refractivity contribution >= 4 is 76.3 Å². The normalized spacial score (nSPS) is 12.8. The van der Waals surface area contributed by atoms with Gasteiger partial charge in [-0.1, -0.05) is 42.1 Å². The maximum atomic E-state index is 13.8. The van der Waals surface area contributed by atoms with Crippen LogP contribution in [0.5, 0.6) is 0 Å². The summed E-state index contributed by atoms with van der Waals surface area (Å²) < 4.78 is 10.3. The maximum absolute atomic E-state index is 13.8. The van der Waals surface area contributed by atoms with Gasteiger partial charge in [0.25, 0.3) is 0 Å². The van der Waals surface area contributed by atoms with Crippen LogP contribution in [0.4, 0.5) is 9.59 Å². The van der Waals surface area contributed by atoms with Crippen molar-refractivity contribution in [1.29, 1.82) is 0 Å². The lowest BCUT2D eigenvalue weighted by molar-refractivity contribution is -0.144. The van der Waals surface area contributed by atoms with Gasteiger partial charge in [-0.15, -0.1) is 11.8 Å². The number of likely N-dealkylation sites (N-methyl/N-ethyl adjacent to an activating group) is 2. The van der Waals surface area contributed by atoms with Gasteiger partial charge in [-0.3, -0.25) is 19.2 Å². The predicted octanol–water partition coefficient (Wildman–Crippen LogP) is 1.99. The van der Waals surface area contributed by atoms with Crippen LogP contribution in [0, 0.1) is 0 Å². The SMILES string of the molecule is CSC[C@@H](C(=O)SC[C@H](NC(=O)OCc1ccccc1)C(=O)O)N(C)C(=O)[C@H](CSCNC(C)=O)N(C)C(=O)CNC(=O)OC(C)(C)C. The molecule has 1 aromatic rings. The molecule has 268 valence electrons. The molecule has 0 saturated carbocycles. The van der Waals surface area contributed by atoms with Crippen LogP contribution in [0.25, 0.3) is 0 Å². The van der Waals surface area contributed by atoms with E-state index in [2.05, 4.69) is 16.0 Å². The smallest absolute Gasteiger partial charge is 0.408 e. The molecule has 0 bridgehead atoms. The molecular formula is C30H45N5O10S3. The number of carbonyl (C=O) groups excluding carboxylic acids is 6. The zero-order chi connectivity index (χ0) is 36.4. The van der Waals surface area contributed by atoms with E-state index < -0.39 is 65.4 Å². The van der Waals surface area contributed by atoms with E-state index in [9.17, 15) is 38.7 Å². The Labute approximate surface area is 293 Å². The minimum Gasteiger partial charge on any atom is -0.480 e. The highest BCUT2D eigenvalue weighted by atomic mass is 32.2. The van der Waals surface area contributed by atoms with Gasteiger partial charge in [-0.2, -0.15) is 11.8 Å². The first-order valence-corrected chi connectivity index (χ1v) is 18.2. The number of benzene rings is 1. The Morgan fingerprint density at radius 2 is 1.54 bits per heavy atom. The summed E-state index contributed by atoms with van der Waals surface area (Å²) in [5.74, 6) is -2.85. The number of nitrogens with zero attached hydrogens (tertiary/aromatic N) is 2. The Morgan fingerprint density at radius 1 is 0.896 bits per heavy atom. The average molecular weight is 732 g/mol. The number of carbonyl (C=O) groups is 7. The molecule has 48 heavy (non-hydrogen) atoms. The lowest BCUT2D eigenvalue weighted by Gasteiger charge is -2.34. The Hall–Kier alpha value is -3.64. The molecule has 0 radical (unpaired) electrons. The molecule has 4 N–H and O–H groups in total. The highest BCUT2D eigenvalue weighted by molar-refractivity contribution is 8.13. The van der Waals surface area contributed by atoms with Crippen molar-refractivity contribution in [2.45, 2.75) is 58.0 Å². The van der Waals surface area contributed by atoms with E-state index in [0.717, 1.165) is 4.90 Å². The van der Waals surface area contributed by atoms with Crippen molar-refractivity contribution in [3.8, 4) is 0 Å². The molecule has 0 aliphatic heterocycles.